The number of nitrogens with one attached hydrogen (secondary N) is 1. The Hall–Kier alpha value is -3.78. The van der Waals surface area contributed by atoms with Gasteiger partial charge in [-0.3, -0.25) is 14.7 Å². The van der Waals surface area contributed by atoms with Crippen LogP contribution in [-0.2, 0) is 4.79 Å². The summed E-state index contributed by atoms with van der Waals surface area (Å²) in [6.45, 7) is 5.26. The summed E-state index contributed by atoms with van der Waals surface area (Å²) in [6.07, 6.45) is 1.67. The zero-order chi connectivity index (χ0) is 23.5. The standard InChI is InChI=1S/C26H26FN5O2/c1-18-25(19-8-10-20(27)11-9-19)26(29-22-6-3-2-5-21(22)28-18)30-23(33)17-31-12-14-32(15-13-31)24-7-4-16-34-24/h2-11,16,25H,12-15,17H2,1H3,(H,29,30,33)/t25-/m1/s1. The van der Waals surface area contributed by atoms with E-state index in [1.54, 1.807) is 18.4 Å². The smallest absolute Gasteiger partial charge is 0.239 e. The van der Waals surface area contributed by atoms with Crippen molar-refractivity contribution in [1.82, 2.24) is 10.2 Å². The molecular weight excluding hydrogens is 433 g/mol. The van der Waals surface area contributed by atoms with Crippen molar-refractivity contribution in [2.75, 3.05) is 37.6 Å². The van der Waals surface area contributed by atoms with Crippen LogP contribution >= 0.6 is 0 Å². The number of carbonyl (C=O) groups excluding carboxylic acids is 1. The first kappa shape index (κ1) is 22.0. The lowest BCUT2D eigenvalue weighted by atomic mass is 9.93. The lowest BCUT2D eigenvalue weighted by molar-refractivity contribution is -0.120. The Morgan fingerprint density at radius 1 is 1.00 bits per heavy atom. The minimum absolute atomic E-state index is 0.135. The number of para-hydroxylation sites is 2. The van der Waals surface area contributed by atoms with Gasteiger partial charge in [-0.1, -0.05) is 24.3 Å². The van der Waals surface area contributed by atoms with Gasteiger partial charge in [0.05, 0.1) is 30.1 Å². The molecule has 2 aliphatic heterocycles. The molecular formula is C26H26FN5O2. The average Bonchev–Trinajstić information content (AvgIpc) is 3.33. The lowest BCUT2D eigenvalue weighted by Crippen LogP contribution is -2.50. The Kier molecular flexibility index (Phi) is 6.22. The summed E-state index contributed by atoms with van der Waals surface area (Å²) < 4.78 is 19.1. The van der Waals surface area contributed by atoms with E-state index in [9.17, 15) is 9.18 Å². The Bertz CT molecular complexity index is 1210. The molecule has 1 saturated heterocycles. The molecule has 0 aliphatic carbocycles. The van der Waals surface area contributed by atoms with Crippen molar-refractivity contribution in [2.45, 2.75) is 12.8 Å². The maximum absolute atomic E-state index is 13.6. The van der Waals surface area contributed by atoms with Gasteiger partial charge in [0.25, 0.3) is 0 Å². The van der Waals surface area contributed by atoms with Crippen LogP contribution in [0.4, 0.5) is 21.6 Å². The summed E-state index contributed by atoms with van der Waals surface area (Å²) in [5.41, 5.74) is 3.03. The number of anilines is 1. The number of amidine groups is 1. The molecule has 0 spiro atoms. The fourth-order valence-corrected chi connectivity index (χ4v) is 4.42. The first-order chi connectivity index (χ1) is 16.6. The van der Waals surface area contributed by atoms with E-state index in [4.69, 9.17) is 14.4 Å². The molecule has 5 rings (SSSR count). The van der Waals surface area contributed by atoms with E-state index in [2.05, 4.69) is 15.1 Å². The van der Waals surface area contributed by atoms with E-state index >= 15 is 0 Å². The van der Waals surface area contributed by atoms with Gasteiger partial charge in [-0.15, -0.1) is 0 Å². The van der Waals surface area contributed by atoms with E-state index in [0.717, 1.165) is 49.0 Å². The number of nitrogens with zero attached hydrogens (tertiary/aromatic N) is 4. The summed E-state index contributed by atoms with van der Waals surface area (Å²) in [4.78, 5) is 26.9. The normalized spacial score (nSPS) is 18.5. The van der Waals surface area contributed by atoms with Gasteiger partial charge in [-0.05, 0) is 42.8 Å². The highest BCUT2D eigenvalue weighted by molar-refractivity contribution is 6.17. The summed E-state index contributed by atoms with van der Waals surface area (Å²) in [6, 6.07) is 17.7. The van der Waals surface area contributed by atoms with E-state index in [1.807, 2.05) is 43.3 Å². The van der Waals surface area contributed by atoms with Gasteiger partial charge in [-0.2, -0.15) is 0 Å². The number of carbonyl (C=O) groups is 1. The summed E-state index contributed by atoms with van der Waals surface area (Å²) >= 11 is 0. The Balaban J connectivity index is 1.33. The highest BCUT2D eigenvalue weighted by Gasteiger charge is 2.28. The summed E-state index contributed by atoms with van der Waals surface area (Å²) in [7, 11) is 0. The van der Waals surface area contributed by atoms with E-state index < -0.39 is 0 Å². The third-order valence-electron chi connectivity index (χ3n) is 6.14. The van der Waals surface area contributed by atoms with E-state index in [0.29, 0.717) is 11.5 Å². The zero-order valence-corrected chi connectivity index (χ0v) is 18.9. The second-order valence-electron chi connectivity index (χ2n) is 8.49. The SMILES string of the molecule is CC1=Nc2ccccc2N=C(NC(=O)CN2CCN(c3ccco3)CC2)[C@H]1c1ccc(F)cc1. The van der Waals surface area contributed by atoms with Crippen LogP contribution in [0.5, 0.6) is 0 Å². The van der Waals surface area contributed by atoms with Gasteiger partial charge in [-0.25, -0.2) is 9.38 Å². The van der Waals surface area contributed by atoms with Crippen molar-refractivity contribution in [3.8, 4) is 0 Å². The Morgan fingerprint density at radius 2 is 1.71 bits per heavy atom. The van der Waals surface area contributed by atoms with Gasteiger partial charge < -0.3 is 14.6 Å². The number of furan rings is 1. The molecule has 34 heavy (non-hydrogen) atoms. The molecule has 0 unspecified atom stereocenters. The fourth-order valence-electron chi connectivity index (χ4n) is 4.42. The average molecular weight is 460 g/mol. The summed E-state index contributed by atoms with van der Waals surface area (Å²) in [5.74, 6) is 0.521. The summed E-state index contributed by atoms with van der Waals surface area (Å²) in [5, 5.41) is 3.04. The van der Waals surface area contributed by atoms with Crippen molar-refractivity contribution in [1.29, 1.82) is 0 Å². The molecule has 8 heteroatoms. The minimum atomic E-state index is -0.382. The van der Waals surface area contributed by atoms with E-state index in [-0.39, 0.29) is 24.2 Å². The molecule has 3 aromatic rings. The molecule has 1 N–H and O–H groups in total. The molecule has 1 atom stereocenters. The lowest BCUT2D eigenvalue weighted by Gasteiger charge is -2.34. The van der Waals surface area contributed by atoms with Crippen LogP contribution in [0, 0.1) is 5.82 Å². The van der Waals surface area contributed by atoms with Gasteiger partial charge in [0.2, 0.25) is 5.91 Å². The van der Waals surface area contributed by atoms with Crippen LogP contribution < -0.4 is 10.2 Å². The molecule has 3 heterocycles. The fraction of sp³-hybridized carbons (Fsp3) is 0.269. The molecule has 174 valence electrons. The highest BCUT2D eigenvalue weighted by atomic mass is 19.1. The molecule has 0 bridgehead atoms. The molecule has 7 nitrogen and oxygen atoms in total. The number of fused-ring (bicyclic) bond motifs is 1. The quantitative estimate of drug-likeness (QED) is 0.632. The molecule has 1 aromatic heterocycles. The number of aliphatic imine (C=N–C) groups is 2. The largest absolute Gasteiger partial charge is 0.449 e. The predicted octanol–water partition coefficient (Wildman–Crippen LogP) is 4.28. The van der Waals surface area contributed by atoms with Gasteiger partial charge in [0, 0.05) is 38.0 Å². The number of halogens is 1. The monoisotopic (exact) mass is 459 g/mol. The molecule has 2 aliphatic rings. The second kappa shape index (κ2) is 9.61. The van der Waals surface area contributed by atoms with Crippen LogP contribution in [-0.4, -0.2) is 55.1 Å². The van der Waals surface area contributed by atoms with Crippen LogP contribution in [0.3, 0.4) is 0 Å². The first-order valence-corrected chi connectivity index (χ1v) is 11.4. The number of benzene rings is 2. The van der Waals surface area contributed by atoms with Gasteiger partial charge in [0.1, 0.15) is 11.7 Å². The Labute approximate surface area is 197 Å². The van der Waals surface area contributed by atoms with Crippen molar-refractivity contribution in [3.05, 3.63) is 78.3 Å². The van der Waals surface area contributed by atoms with Crippen LogP contribution in [0.15, 0.2) is 81.3 Å². The van der Waals surface area contributed by atoms with Crippen LogP contribution in [0.25, 0.3) is 0 Å². The van der Waals surface area contributed by atoms with Crippen molar-refractivity contribution in [2.24, 2.45) is 9.98 Å². The number of hydrogen-bond donors (Lipinski definition) is 1. The maximum Gasteiger partial charge on any atom is 0.239 e. The number of piperazine rings is 1. The molecule has 1 fully saturated rings. The van der Waals surface area contributed by atoms with Crippen molar-refractivity contribution in [3.63, 3.8) is 0 Å². The third-order valence-corrected chi connectivity index (χ3v) is 6.14. The maximum atomic E-state index is 13.6. The van der Waals surface area contributed by atoms with Gasteiger partial charge in [0.15, 0.2) is 5.88 Å². The number of amides is 1. The predicted molar refractivity (Wildman–Crippen MR) is 131 cm³/mol. The molecule has 2 aromatic carbocycles. The zero-order valence-electron chi connectivity index (χ0n) is 18.9. The van der Waals surface area contributed by atoms with Crippen LogP contribution in [0.1, 0.15) is 18.4 Å². The minimum Gasteiger partial charge on any atom is -0.449 e. The first-order valence-electron chi connectivity index (χ1n) is 11.4. The van der Waals surface area contributed by atoms with Crippen LogP contribution in [0.2, 0.25) is 0 Å². The second-order valence-corrected chi connectivity index (χ2v) is 8.49. The van der Waals surface area contributed by atoms with E-state index in [1.165, 1.54) is 12.1 Å². The highest BCUT2D eigenvalue weighted by Crippen LogP contribution is 2.34. The van der Waals surface area contributed by atoms with Crippen molar-refractivity contribution < 1.29 is 13.6 Å². The molecule has 1 amide bonds. The topological polar surface area (TPSA) is 73.4 Å². The number of hydrogen-bond acceptors (Lipinski definition) is 6. The van der Waals surface area contributed by atoms with Gasteiger partial charge >= 0.3 is 0 Å². The van der Waals surface area contributed by atoms with Crippen molar-refractivity contribution >= 4 is 34.7 Å². The third kappa shape index (κ3) is 4.77. The Morgan fingerprint density at radius 3 is 2.38 bits per heavy atom. The molecule has 0 radical (unpaired) electrons. The number of rotatable bonds is 4. The molecule has 0 saturated carbocycles.